The van der Waals surface area contributed by atoms with E-state index in [1.165, 1.54) is 12.1 Å². The Kier molecular flexibility index (Phi) is 5.65. The summed E-state index contributed by atoms with van der Waals surface area (Å²) in [7, 11) is -4.19. The van der Waals surface area contributed by atoms with Crippen LogP contribution in [0.25, 0.3) is 0 Å². The van der Waals surface area contributed by atoms with Crippen molar-refractivity contribution in [2.24, 2.45) is 11.7 Å². The highest BCUT2D eigenvalue weighted by atomic mass is 32.2. The molecule has 1 aromatic heterocycles. The second-order valence-corrected chi connectivity index (χ2v) is 10.0. The highest BCUT2D eigenvalue weighted by molar-refractivity contribution is 7.94. The molecule has 8 nitrogen and oxygen atoms in total. The van der Waals surface area contributed by atoms with E-state index in [1.54, 1.807) is 13.8 Å². The topological polar surface area (TPSA) is 121 Å². The Balaban J connectivity index is 2.07. The molecule has 29 heavy (non-hydrogen) atoms. The van der Waals surface area contributed by atoms with Crippen molar-refractivity contribution in [1.29, 1.82) is 0 Å². The van der Waals surface area contributed by atoms with Crippen molar-refractivity contribution in [3.8, 4) is 0 Å². The molecule has 0 saturated heterocycles. The van der Waals surface area contributed by atoms with Crippen LogP contribution in [0.5, 0.6) is 0 Å². The number of amides is 2. The minimum absolute atomic E-state index is 0.229. The minimum Gasteiger partial charge on any atom is -0.366 e. The fourth-order valence-electron chi connectivity index (χ4n) is 2.82. The maximum Gasteiger partial charge on any atom is 0.274 e. The number of carbonyl (C=O) groups excluding carboxylic acids is 2. The van der Waals surface area contributed by atoms with Crippen molar-refractivity contribution in [2.45, 2.75) is 36.9 Å². The molecule has 1 fully saturated rings. The zero-order valence-corrected chi connectivity index (χ0v) is 17.3. The first-order valence-corrected chi connectivity index (χ1v) is 11.1. The molecule has 2 amide bonds. The van der Waals surface area contributed by atoms with Gasteiger partial charge >= 0.3 is 0 Å². The number of carbonyl (C=O) groups is 2. The normalized spacial score (nSPS) is 14.1. The number of nitrogens with zero attached hydrogens (tertiary/aromatic N) is 2. The number of thiophene rings is 1. The first kappa shape index (κ1) is 21.2. The number of benzene rings is 1. The van der Waals surface area contributed by atoms with E-state index in [0.717, 1.165) is 22.5 Å². The molecule has 0 radical (unpaired) electrons. The van der Waals surface area contributed by atoms with Crippen LogP contribution in [0.2, 0.25) is 0 Å². The van der Waals surface area contributed by atoms with E-state index in [0.29, 0.717) is 29.2 Å². The Bertz CT molecular complexity index is 1050. The average Bonchev–Trinajstić information content (AvgIpc) is 3.38. The fourth-order valence-corrected chi connectivity index (χ4v) is 5.95. The molecule has 1 saturated carbocycles. The van der Waals surface area contributed by atoms with Crippen LogP contribution in [0.1, 0.15) is 37.0 Å². The first-order valence-electron chi connectivity index (χ1n) is 8.80. The maximum atomic E-state index is 13.3. The van der Waals surface area contributed by atoms with E-state index in [1.807, 2.05) is 0 Å². The zero-order chi connectivity index (χ0) is 21.5. The lowest BCUT2D eigenvalue weighted by Gasteiger charge is -2.27. The van der Waals surface area contributed by atoms with Gasteiger partial charge in [0.1, 0.15) is 15.0 Å². The smallest absolute Gasteiger partial charge is 0.274 e. The largest absolute Gasteiger partial charge is 0.366 e. The number of hydrogen-bond donors (Lipinski definition) is 2. The summed E-state index contributed by atoms with van der Waals surface area (Å²) in [6.07, 6.45) is 1.23. The maximum absolute atomic E-state index is 13.3. The van der Waals surface area contributed by atoms with Gasteiger partial charge in [0, 0.05) is 12.0 Å². The van der Waals surface area contributed by atoms with E-state index >= 15 is 0 Å². The molecule has 3 rings (SSSR count). The predicted octanol–water partition coefficient (Wildman–Crippen LogP) is 2.72. The summed E-state index contributed by atoms with van der Waals surface area (Å²) in [6.45, 7) is 3.28. The number of halogens is 1. The Morgan fingerprint density at radius 3 is 2.31 bits per heavy atom. The molecule has 0 aliphatic heterocycles. The number of rotatable bonds is 7. The van der Waals surface area contributed by atoms with Gasteiger partial charge in [0.15, 0.2) is 0 Å². The van der Waals surface area contributed by atoms with Gasteiger partial charge in [-0.25, -0.2) is 12.8 Å². The Morgan fingerprint density at radius 2 is 1.83 bits per heavy atom. The summed E-state index contributed by atoms with van der Waals surface area (Å²) in [5.41, 5.74) is 5.29. The van der Waals surface area contributed by atoms with Gasteiger partial charge in [0.05, 0.1) is 11.3 Å². The van der Waals surface area contributed by atoms with Crippen LogP contribution in [0.3, 0.4) is 0 Å². The summed E-state index contributed by atoms with van der Waals surface area (Å²) >= 11 is 0.571. The molecule has 0 bridgehead atoms. The predicted molar refractivity (Wildman–Crippen MR) is 106 cm³/mol. The monoisotopic (exact) mass is 441 g/mol. The van der Waals surface area contributed by atoms with Gasteiger partial charge in [0.2, 0.25) is 0 Å². The molecule has 1 aliphatic rings. The molecule has 1 aliphatic carbocycles. The highest BCUT2D eigenvalue weighted by Gasteiger charge is 2.37. The van der Waals surface area contributed by atoms with Gasteiger partial charge in [-0.3, -0.25) is 19.1 Å². The average molecular weight is 442 g/mol. The number of hydrogen-bond acceptors (Lipinski definition) is 6. The summed E-state index contributed by atoms with van der Waals surface area (Å²) in [4.78, 5) is 24.0. The van der Waals surface area contributed by atoms with E-state index < -0.39 is 33.7 Å². The third-order valence-electron chi connectivity index (χ3n) is 4.35. The van der Waals surface area contributed by atoms with E-state index in [9.17, 15) is 27.6 Å². The van der Waals surface area contributed by atoms with Crippen molar-refractivity contribution in [2.75, 3.05) is 9.37 Å². The summed E-state index contributed by atoms with van der Waals surface area (Å²) < 4.78 is 40.6. The van der Waals surface area contributed by atoms with Crippen molar-refractivity contribution in [1.82, 2.24) is 0 Å². The van der Waals surface area contributed by atoms with Crippen LogP contribution >= 0.6 is 11.3 Å². The van der Waals surface area contributed by atoms with Gasteiger partial charge in [-0.15, -0.1) is 11.3 Å². The van der Waals surface area contributed by atoms with E-state index in [4.69, 9.17) is 5.73 Å². The quantitative estimate of drug-likeness (QED) is 0.505. The van der Waals surface area contributed by atoms with Crippen molar-refractivity contribution >= 4 is 43.9 Å². The molecule has 2 aromatic rings. The number of primary amides is 1. The minimum atomic E-state index is -4.19. The van der Waals surface area contributed by atoms with Crippen LogP contribution < -0.4 is 15.1 Å². The molecule has 1 heterocycles. The number of hydroxylamine groups is 1. The molecule has 0 spiro atoms. The van der Waals surface area contributed by atoms with Crippen LogP contribution in [0.4, 0.5) is 15.1 Å². The Labute approximate surface area is 171 Å². The summed E-state index contributed by atoms with van der Waals surface area (Å²) in [5.74, 6) is -2.45. The molecule has 11 heteroatoms. The Morgan fingerprint density at radius 1 is 1.24 bits per heavy atom. The lowest BCUT2D eigenvalue weighted by molar-refractivity contribution is -0.124. The van der Waals surface area contributed by atoms with Crippen molar-refractivity contribution < 1.29 is 27.6 Å². The van der Waals surface area contributed by atoms with Crippen LogP contribution in [-0.4, -0.2) is 31.5 Å². The van der Waals surface area contributed by atoms with E-state index in [2.05, 4.69) is 0 Å². The lowest BCUT2D eigenvalue weighted by Crippen LogP contribution is -2.36. The van der Waals surface area contributed by atoms with Crippen LogP contribution in [-0.2, 0) is 14.8 Å². The first-order chi connectivity index (χ1) is 13.5. The van der Waals surface area contributed by atoms with Crippen molar-refractivity contribution in [3.63, 3.8) is 0 Å². The van der Waals surface area contributed by atoms with Gasteiger partial charge in [-0.2, -0.15) is 5.06 Å². The van der Waals surface area contributed by atoms with Gasteiger partial charge in [-0.1, -0.05) is 0 Å². The second kappa shape index (κ2) is 7.73. The van der Waals surface area contributed by atoms with Crippen LogP contribution in [0, 0.1) is 11.7 Å². The van der Waals surface area contributed by atoms with Gasteiger partial charge < -0.3 is 5.73 Å². The SMILES string of the molecule is CC(C)N(c1ccc(F)cc1)S(=O)(=O)c1cc(C(N)=O)c(N(O)C(=O)C2CC2)s1. The zero-order valence-electron chi connectivity index (χ0n) is 15.7. The number of anilines is 2. The third kappa shape index (κ3) is 4.11. The molecular formula is C18H20FN3O5S2. The van der Waals surface area contributed by atoms with Crippen LogP contribution in [0.15, 0.2) is 34.5 Å². The summed E-state index contributed by atoms with van der Waals surface area (Å²) in [6, 6.07) is 5.43. The fraction of sp³-hybridized carbons (Fsp3) is 0.333. The molecule has 0 unspecified atom stereocenters. The molecule has 1 aromatic carbocycles. The molecular weight excluding hydrogens is 421 g/mol. The van der Waals surface area contributed by atoms with Crippen molar-refractivity contribution in [3.05, 3.63) is 41.7 Å². The highest BCUT2D eigenvalue weighted by Crippen LogP contribution is 2.39. The second-order valence-electron chi connectivity index (χ2n) is 6.94. The number of nitrogens with two attached hydrogens (primary N) is 1. The molecule has 156 valence electrons. The van der Waals surface area contributed by atoms with E-state index in [-0.39, 0.29) is 26.4 Å². The van der Waals surface area contributed by atoms with Gasteiger partial charge in [0.25, 0.3) is 21.8 Å². The molecule has 3 N–H and O–H groups in total. The number of sulfonamides is 1. The summed E-state index contributed by atoms with van der Waals surface area (Å²) in [5, 5.41) is 10.3. The Hall–Kier alpha value is -2.50. The third-order valence-corrected chi connectivity index (χ3v) is 7.91. The standard InChI is InChI=1S/C18H20FN3O5S2/c1-10(2)22(13-7-5-12(19)6-8-13)29(26,27)15-9-14(16(20)23)18(28-15)21(25)17(24)11-3-4-11/h5-11,25H,3-4H2,1-2H3,(H2,20,23). The molecule has 0 atom stereocenters. The lowest BCUT2D eigenvalue weighted by atomic mass is 10.3. The van der Waals surface area contributed by atoms with Gasteiger partial charge in [-0.05, 0) is 57.0 Å².